The van der Waals surface area contributed by atoms with E-state index in [0.29, 0.717) is 52.2 Å². The Hall–Kier alpha value is -4.28. The molecule has 2 aromatic carbocycles. The van der Waals surface area contributed by atoms with E-state index in [1.807, 2.05) is 47.0 Å². The van der Waals surface area contributed by atoms with Gasteiger partial charge in [0.15, 0.2) is 11.7 Å². The Labute approximate surface area is 229 Å². The van der Waals surface area contributed by atoms with Gasteiger partial charge in [0.05, 0.1) is 32.6 Å². The highest BCUT2D eigenvalue weighted by atomic mass is 32.1. The smallest absolute Gasteiger partial charge is 0.268 e. The summed E-state index contributed by atoms with van der Waals surface area (Å²) in [6, 6.07) is 18.2. The van der Waals surface area contributed by atoms with Crippen LogP contribution in [0.4, 0.5) is 11.6 Å². The number of benzene rings is 2. The van der Waals surface area contributed by atoms with Crippen molar-refractivity contribution in [2.24, 2.45) is 0 Å². The Morgan fingerprint density at radius 2 is 1.90 bits per heavy atom. The molecule has 0 aliphatic rings. The molecule has 39 heavy (non-hydrogen) atoms. The average Bonchev–Trinajstić information content (AvgIpc) is 3.64. The Morgan fingerprint density at radius 1 is 1.13 bits per heavy atom. The lowest BCUT2D eigenvalue weighted by atomic mass is 10.1. The third-order valence-electron chi connectivity index (χ3n) is 6.31. The Balaban J connectivity index is 1.45. The van der Waals surface area contributed by atoms with Crippen molar-refractivity contribution in [1.82, 2.24) is 14.5 Å². The fourth-order valence-corrected chi connectivity index (χ4v) is 5.00. The average molecular weight is 544 g/mol. The van der Waals surface area contributed by atoms with Gasteiger partial charge in [0, 0.05) is 31.8 Å². The van der Waals surface area contributed by atoms with E-state index in [9.17, 15) is 14.7 Å². The van der Waals surface area contributed by atoms with Crippen molar-refractivity contribution in [2.75, 3.05) is 17.3 Å². The quantitative estimate of drug-likeness (QED) is 0.258. The predicted octanol–water partition coefficient (Wildman–Crippen LogP) is 5.75. The molecule has 3 aromatic heterocycles. The number of amides is 2. The number of thiophene rings is 1. The van der Waals surface area contributed by atoms with Crippen molar-refractivity contribution in [1.29, 1.82) is 0 Å². The Morgan fingerprint density at radius 3 is 2.59 bits per heavy atom. The lowest BCUT2D eigenvalue weighted by molar-refractivity contribution is 0.0667. The van der Waals surface area contributed by atoms with Crippen molar-refractivity contribution in [3.63, 3.8) is 0 Å². The predicted molar refractivity (Wildman–Crippen MR) is 152 cm³/mol. The number of anilines is 2. The molecule has 0 spiro atoms. The van der Waals surface area contributed by atoms with Crippen molar-refractivity contribution in [3.05, 3.63) is 83.2 Å². The van der Waals surface area contributed by atoms with Gasteiger partial charge in [0.25, 0.3) is 11.8 Å². The van der Waals surface area contributed by atoms with Gasteiger partial charge in [-0.15, -0.1) is 11.3 Å². The zero-order chi connectivity index (χ0) is 27.7. The third-order valence-corrected chi connectivity index (χ3v) is 7.41. The van der Waals surface area contributed by atoms with Crippen LogP contribution in [0.3, 0.4) is 0 Å². The van der Waals surface area contributed by atoms with Crippen LogP contribution in [0, 0.1) is 6.92 Å². The van der Waals surface area contributed by atoms with Crippen LogP contribution in [0.2, 0.25) is 0 Å². The second kappa shape index (κ2) is 10.5. The summed E-state index contributed by atoms with van der Waals surface area (Å²) >= 11 is 1.30. The number of fused-ring (bicyclic) bond motifs is 1. The fourth-order valence-electron chi connectivity index (χ4n) is 4.16. The van der Waals surface area contributed by atoms with E-state index in [2.05, 4.69) is 10.3 Å². The Bertz CT molecular complexity index is 1650. The van der Waals surface area contributed by atoms with Gasteiger partial charge >= 0.3 is 0 Å². The maximum atomic E-state index is 13.2. The van der Waals surface area contributed by atoms with E-state index in [4.69, 9.17) is 9.40 Å². The molecular weight excluding hydrogens is 514 g/mol. The van der Waals surface area contributed by atoms with Crippen LogP contribution in [0.1, 0.15) is 46.2 Å². The number of carbonyl (C=O) groups is 2. The zero-order valence-electron chi connectivity index (χ0n) is 22.1. The molecule has 2 N–H and O–H groups in total. The number of rotatable bonds is 8. The highest BCUT2D eigenvalue weighted by Crippen LogP contribution is 2.30. The highest BCUT2D eigenvalue weighted by molar-refractivity contribution is 7.17. The molecule has 5 aromatic rings. The molecule has 0 bridgehead atoms. The monoisotopic (exact) mass is 543 g/mol. The molecule has 200 valence electrons. The number of oxazole rings is 1. The normalized spacial score (nSPS) is 11.6. The molecule has 9 nitrogen and oxygen atoms in total. The molecule has 0 aliphatic carbocycles. The standard InChI is InChI=1S/C29H29N5O4S/c1-18-30-17-23(38-18)24-12-13-25(39-24)26(35)32-28-31-21-16-20(33(4)27(36)19-8-6-5-7-9-19)10-11-22(21)34(28)15-14-29(2,3)37/h5-13,16-17,37H,14-15H2,1-4H3,(H,31,32,35). The minimum absolute atomic E-state index is 0.139. The molecule has 0 radical (unpaired) electrons. The van der Waals surface area contributed by atoms with Crippen molar-refractivity contribution in [2.45, 2.75) is 39.3 Å². The van der Waals surface area contributed by atoms with Gasteiger partial charge in [-0.25, -0.2) is 9.97 Å². The summed E-state index contributed by atoms with van der Waals surface area (Å²) in [6.45, 7) is 5.68. The number of nitrogens with one attached hydrogen (secondary N) is 1. The first-order valence-corrected chi connectivity index (χ1v) is 13.3. The van der Waals surface area contributed by atoms with Gasteiger partial charge in [0.2, 0.25) is 5.95 Å². The minimum atomic E-state index is -0.905. The van der Waals surface area contributed by atoms with Crippen molar-refractivity contribution < 1.29 is 19.1 Å². The number of carbonyl (C=O) groups excluding carboxylic acids is 2. The van der Waals surface area contributed by atoms with Gasteiger partial charge in [-0.3, -0.25) is 14.9 Å². The van der Waals surface area contributed by atoms with Gasteiger partial charge < -0.3 is 19.0 Å². The van der Waals surface area contributed by atoms with E-state index in [0.717, 1.165) is 10.4 Å². The van der Waals surface area contributed by atoms with E-state index in [1.54, 1.807) is 57.1 Å². The highest BCUT2D eigenvalue weighted by Gasteiger charge is 2.21. The summed E-state index contributed by atoms with van der Waals surface area (Å²) < 4.78 is 7.46. The molecule has 5 rings (SSSR count). The minimum Gasteiger partial charge on any atom is -0.440 e. The van der Waals surface area contributed by atoms with E-state index >= 15 is 0 Å². The second-order valence-corrected chi connectivity index (χ2v) is 11.0. The number of hydrogen-bond donors (Lipinski definition) is 2. The largest absolute Gasteiger partial charge is 0.440 e. The molecule has 3 heterocycles. The molecule has 10 heteroatoms. The maximum Gasteiger partial charge on any atom is 0.268 e. The number of nitrogens with zero attached hydrogens (tertiary/aromatic N) is 4. The number of hydrogen-bond acceptors (Lipinski definition) is 7. The molecule has 0 saturated heterocycles. The first-order chi connectivity index (χ1) is 18.6. The molecule has 2 amide bonds. The summed E-state index contributed by atoms with van der Waals surface area (Å²) in [6.07, 6.45) is 2.08. The van der Waals surface area contributed by atoms with Crippen LogP contribution in [-0.2, 0) is 6.54 Å². The van der Waals surface area contributed by atoms with E-state index < -0.39 is 5.60 Å². The lowest BCUT2D eigenvalue weighted by Gasteiger charge is -2.19. The van der Waals surface area contributed by atoms with Crippen LogP contribution >= 0.6 is 11.3 Å². The SMILES string of the molecule is Cc1ncc(-c2ccc(C(=O)Nc3nc4cc(N(C)C(=O)c5ccccc5)ccc4n3CCC(C)(C)O)s2)o1. The summed E-state index contributed by atoms with van der Waals surface area (Å²) in [4.78, 5) is 37.9. The van der Waals surface area contributed by atoms with Crippen molar-refractivity contribution in [3.8, 4) is 10.6 Å². The molecule has 0 aliphatic heterocycles. The molecule has 0 fully saturated rings. The lowest BCUT2D eigenvalue weighted by Crippen LogP contribution is -2.26. The molecule has 0 unspecified atom stereocenters. The number of aromatic nitrogens is 3. The summed E-state index contributed by atoms with van der Waals surface area (Å²) in [5.74, 6) is 1.08. The van der Waals surface area contributed by atoms with Crippen LogP contribution < -0.4 is 10.2 Å². The van der Waals surface area contributed by atoms with Crippen LogP contribution in [0.5, 0.6) is 0 Å². The van der Waals surface area contributed by atoms with E-state index in [1.165, 1.54) is 11.3 Å². The van der Waals surface area contributed by atoms with Crippen molar-refractivity contribution >= 4 is 45.8 Å². The first kappa shape index (κ1) is 26.3. The second-order valence-electron chi connectivity index (χ2n) is 9.91. The summed E-state index contributed by atoms with van der Waals surface area (Å²) in [5, 5.41) is 13.3. The zero-order valence-corrected chi connectivity index (χ0v) is 23.0. The van der Waals surface area contributed by atoms with Gasteiger partial charge in [-0.2, -0.15) is 0 Å². The first-order valence-electron chi connectivity index (χ1n) is 12.5. The fraction of sp³-hybridized carbons (Fsp3) is 0.241. The number of aliphatic hydroxyl groups is 1. The topological polar surface area (TPSA) is 113 Å². The number of imidazole rings is 1. The number of aryl methyl sites for hydroxylation is 2. The van der Waals surface area contributed by atoms with Gasteiger partial charge in [-0.1, -0.05) is 18.2 Å². The summed E-state index contributed by atoms with van der Waals surface area (Å²) in [5.41, 5.74) is 1.75. The third kappa shape index (κ3) is 5.76. The Kier molecular flexibility index (Phi) is 7.07. The van der Waals surface area contributed by atoms with E-state index in [-0.39, 0.29) is 11.8 Å². The van der Waals surface area contributed by atoms with Crippen LogP contribution in [-0.4, -0.2) is 44.1 Å². The van der Waals surface area contributed by atoms with Crippen LogP contribution in [0.15, 0.2) is 71.3 Å². The summed E-state index contributed by atoms with van der Waals surface area (Å²) in [7, 11) is 1.72. The van der Waals surface area contributed by atoms with Gasteiger partial charge in [0.1, 0.15) is 0 Å². The maximum absolute atomic E-state index is 13.2. The molecule has 0 saturated carbocycles. The van der Waals surface area contributed by atoms with Crippen LogP contribution in [0.25, 0.3) is 21.7 Å². The molecule has 0 atom stereocenters. The molecular formula is C29H29N5O4S. The van der Waals surface area contributed by atoms with Gasteiger partial charge in [-0.05, 0) is 62.7 Å².